The molecule has 1 fully saturated rings. The number of aryl methyl sites for hydroxylation is 1. The smallest absolute Gasteiger partial charge is 0.0540 e. The van der Waals surface area contributed by atoms with Crippen molar-refractivity contribution in [3.05, 3.63) is 35.9 Å². The molecule has 0 amide bonds. The first-order valence-corrected chi connectivity index (χ1v) is 7.56. The standard InChI is InChI=1S/C17H26O/c18-17(14-13-16-9-4-5-10-16)12-6-11-15-7-2-1-3-8-15/h1-3,7-8,16-18H,4-6,9-14H2. The molecule has 18 heavy (non-hydrogen) atoms. The van der Waals surface area contributed by atoms with Crippen LogP contribution in [0.15, 0.2) is 30.3 Å². The van der Waals surface area contributed by atoms with Gasteiger partial charge in [0.15, 0.2) is 0 Å². The van der Waals surface area contributed by atoms with Crippen molar-refractivity contribution in [3.63, 3.8) is 0 Å². The van der Waals surface area contributed by atoms with Crippen molar-refractivity contribution >= 4 is 0 Å². The number of hydrogen-bond donors (Lipinski definition) is 1. The van der Waals surface area contributed by atoms with Crippen LogP contribution in [0.5, 0.6) is 0 Å². The summed E-state index contributed by atoms with van der Waals surface area (Å²) in [6.45, 7) is 0. The molecule has 0 bridgehead atoms. The summed E-state index contributed by atoms with van der Waals surface area (Å²) in [5, 5.41) is 9.99. The zero-order valence-electron chi connectivity index (χ0n) is 11.4. The van der Waals surface area contributed by atoms with E-state index in [4.69, 9.17) is 0 Å². The second kappa shape index (κ2) is 7.58. The summed E-state index contributed by atoms with van der Waals surface area (Å²) in [6.07, 6.45) is 11.0. The first kappa shape index (κ1) is 13.6. The average Bonchev–Trinajstić information content (AvgIpc) is 2.91. The summed E-state index contributed by atoms with van der Waals surface area (Å²) in [5.74, 6) is 0.911. The molecule has 0 spiro atoms. The zero-order valence-corrected chi connectivity index (χ0v) is 11.4. The molecule has 1 unspecified atom stereocenters. The molecule has 1 atom stereocenters. The van der Waals surface area contributed by atoms with E-state index < -0.39 is 0 Å². The van der Waals surface area contributed by atoms with Crippen LogP contribution in [0, 0.1) is 5.92 Å². The van der Waals surface area contributed by atoms with Gasteiger partial charge in [0.1, 0.15) is 0 Å². The topological polar surface area (TPSA) is 20.2 Å². The summed E-state index contributed by atoms with van der Waals surface area (Å²) in [4.78, 5) is 0. The van der Waals surface area contributed by atoms with Gasteiger partial charge < -0.3 is 5.11 Å². The lowest BCUT2D eigenvalue weighted by atomic mass is 9.97. The van der Waals surface area contributed by atoms with E-state index in [1.807, 2.05) is 0 Å². The van der Waals surface area contributed by atoms with Crippen molar-refractivity contribution < 1.29 is 5.11 Å². The highest BCUT2D eigenvalue weighted by atomic mass is 16.3. The monoisotopic (exact) mass is 246 g/mol. The van der Waals surface area contributed by atoms with Crippen LogP contribution >= 0.6 is 0 Å². The predicted octanol–water partition coefficient (Wildman–Crippen LogP) is 4.34. The van der Waals surface area contributed by atoms with Crippen LogP contribution in [0.2, 0.25) is 0 Å². The predicted molar refractivity (Wildman–Crippen MR) is 76.6 cm³/mol. The molecule has 0 aliphatic heterocycles. The maximum atomic E-state index is 9.99. The number of hydrogen-bond acceptors (Lipinski definition) is 1. The van der Waals surface area contributed by atoms with Crippen molar-refractivity contribution in [1.82, 2.24) is 0 Å². The van der Waals surface area contributed by atoms with E-state index in [2.05, 4.69) is 30.3 Å². The first-order valence-electron chi connectivity index (χ1n) is 7.56. The van der Waals surface area contributed by atoms with Crippen molar-refractivity contribution in [2.24, 2.45) is 5.92 Å². The molecule has 0 heterocycles. The van der Waals surface area contributed by atoms with Crippen LogP contribution < -0.4 is 0 Å². The van der Waals surface area contributed by atoms with Crippen molar-refractivity contribution in [3.8, 4) is 0 Å². The molecule has 1 N–H and O–H groups in total. The van der Waals surface area contributed by atoms with Crippen molar-refractivity contribution in [2.75, 3.05) is 0 Å². The summed E-state index contributed by atoms with van der Waals surface area (Å²) in [6, 6.07) is 10.6. The molecule has 1 heteroatoms. The average molecular weight is 246 g/mol. The summed E-state index contributed by atoms with van der Waals surface area (Å²) in [5.41, 5.74) is 1.39. The molecule has 1 nitrogen and oxygen atoms in total. The van der Waals surface area contributed by atoms with Crippen LogP contribution in [0.3, 0.4) is 0 Å². The fourth-order valence-corrected chi connectivity index (χ4v) is 3.06. The minimum atomic E-state index is -0.0747. The first-order chi connectivity index (χ1) is 8.84. The third-order valence-corrected chi connectivity index (χ3v) is 4.23. The third-order valence-electron chi connectivity index (χ3n) is 4.23. The maximum Gasteiger partial charge on any atom is 0.0540 e. The highest BCUT2D eigenvalue weighted by Crippen LogP contribution is 2.29. The Morgan fingerprint density at radius 1 is 1.06 bits per heavy atom. The summed E-state index contributed by atoms with van der Waals surface area (Å²) < 4.78 is 0. The minimum Gasteiger partial charge on any atom is -0.393 e. The van der Waals surface area contributed by atoms with Gasteiger partial charge in [0.2, 0.25) is 0 Å². The Morgan fingerprint density at radius 3 is 2.50 bits per heavy atom. The molecule has 1 aromatic rings. The van der Waals surface area contributed by atoms with Gasteiger partial charge >= 0.3 is 0 Å². The lowest BCUT2D eigenvalue weighted by molar-refractivity contribution is 0.143. The van der Waals surface area contributed by atoms with E-state index in [9.17, 15) is 5.11 Å². The highest BCUT2D eigenvalue weighted by Gasteiger charge is 2.16. The van der Waals surface area contributed by atoms with E-state index in [1.54, 1.807) is 0 Å². The van der Waals surface area contributed by atoms with Gasteiger partial charge in [0.25, 0.3) is 0 Å². The largest absolute Gasteiger partial charge is 0.393 e. The van der Waals surface area contributed by atoms with Crippen molar-refractivity contribution in [1.29, 1.82) is 0 Å². The fourth-order valence-electron chi connectivity index (χ4n) is 3.06. The SMILES string of the molecule is OC(CCCc1ccccc1)CCC1CCCC1. The Bertz CT molecular complexity index is 314. The maximum absolute atomic E-state index is 9.99. The number of rotatable bonds is 7. The van der Waals surface area contributed by atoms with Gasteiger partial charge in [0.05, 0.1) is 6.10 Å². The highest BCUT2D eigenvalue weighted by molar-refractivity contribution is 5.14. The van der Waals surface area contributed by atoms with Gasteiger partial charge in [-0.05, 0) is 43.6 Å². The van der Waals surface area contributed by atoms with Crippen molar-refractivity contribution in [2.45, 2.75) is 63.9 Å². The lowest BCUT2D eigenvalue weighted by Crippen LogP contribution is -2.09. The van der Waals surface area contributed by atoms with Gasteiger partial charge in [-0.15, -0.1) is 0 Å². The Balaban J connectivity index is 1.55. The van der Waals surface area contributed by atoms with Crippen LogP contribution in [-0.4, -0.2) is 11.2 Å². The Morgan fingerprint density at radius 2 is 1.78 bits per heavy atom. The number of aliphatic hydroxyl groups excluding tert-OH is 1. The molecular weight excluding hydrogens is 220 g/mol. The van der Waals surface area contributed by atoms with E-state index in [1.165, 1.54) is 37.7 Å². The Hall–Kier alpha value is -0.820. The van der Waals surface area contributed by atoms with Gasteiger partial charge in [-0.2, -0.15) is 0 Å². The van der Waals surface area contributed by atoms with Gasteiger partial charge in [0, 0.05) is 0 Å². The molecule has 1 aromatic carbocycles. The second-order valence-corrected chi connectivity index (χ2v) is 5.76. The van der Waals surface area contributed by atoms with Gasteiger partial charge in [-0.3, -0.25) is 0 Å². The molecule has 2 rings (SSSR count). The quantitative estimate of drug-likeness (QED) is 0.758. The van der Waals surface area contributed by atoms with E-state index in [-0.39, 0.29) is 6.10 Å². The Labute approximate surface area is 111 Å². The fraction of sp³-hybridized carbons (Fsp3) is 0.647. The molecule has 0 aromatic heterocycles. The Kier molecular flexibility index (Phi) is 5.73. The second-order valence-electron chi connectivity index (χ2n) is 5.76. The van der Waals surface area contributed by atoms with Crippen LogP contribution in [0.1, 0.15) is 56.9 Å². The van der Waals surface area contributed by atoms with Crippen LogP contribution in [0.25, 0.3) is 0 Å². The van der Waals surface area contributed by atoms with E-state index >= 15 is 0 Å². The molecule has 1 aliphatic rings. The van der Waals surface area contributed by atoms with Crippen LogP contribution in [0.4, 0.5) is 0 Å². The third kappa shape index (κ3) is 4.81. The molecule has 100 valence electrons. The summed E-state index contributed by atoms with van der Waals surface area (Å²) >= 11 is 0. The van der Waals surface area contributed by atoms with Gasteiger partial charge in [-0.1, -0.05) is 56.0 Å². The summed E-state index contributed by atoms with van der Waals surface area (Å²) in [7, 11) is 0. The molecule has 1 saturated carbocycles. The minimum absolute atomic E-state index is 0.0747. The lowest BCUT2D eigenvalue weighted by Gasteiger charge is -2.13. The number of aliphatic hydroxyl groups is 1. The van der Waals surface area contributed by atoms with Gasteiger partial charge in [-0.25, -0.2) is 0 Å². The molecular formula is C17H26O. The molecule has 1 aliphatic carbocycles. The van der Waals surface area contributed by atoms with Crippen LogP contribution in [-0.2, 0) is 6.42 Å². The van der Waals surface area contributed by atoms with E-state index in [0.29, 0.717) is 0 Å². The normalized spacial score (nSPS) is 18.1. The molecule has 0 radical (unpaired) electrons. The van der Waals surface area contributed by atoms with E-state index in [0.717, 1.165) is 31.6 Å². The zero-order chi connectivity index (χ0) is 12.6. The molecule has 0 saturated heterocycles. The number of benzene rings is 1.